The normalized spacial score (nSPS) is 9.21. The Morgan fingerprint density at radius 2 is 1.21 bits per heavy atom. The standard InChI is InChI=1S/C6H15B.C4H13N3/c1-4-7(5-2)6-3;5-1-3-7-4-2-6/h4-6H2,1-3H3;7H,1-6H2. The van der Waals surface area contributed by atoms with Gasteiger partial charge in [0.05, 0.1) is 0 Å². The van der Waals surface area contributed by atoms with E-state index in [1.54, 1.807) is 0 Å². The highest BCUT2D eigenvalue weighted by Gasteiger charge is 2.01. The van der Waals surface area contributed by atoms with Gasteiger partial charge in [-0.1, -0.05) is 39.7 Å². The Morgan fingerprint density at radius 1 is 0.857 bits per heavy atom. The van der Waals surface area contributed by atoms with Crippen molar-refractivity contribution in [1.82, 2.24) is 5.32 Å². The van der Waals surface area contributed by atoms with E-state index in [4.69, 9.17) is 11.5 Å². The van der Waals surface area contributed by atoms with Crippen molar-refractivity contribution in [1.29, 1.82) is 0 Å². The third kappa shape index (κ3) is 14.5. The predicted molar refractivity (Wildman–Crippen MR) is 68.2 cm³/mol. The molecular formula is C10H28BN3. The molecule has 86 valence electrons. The third-order valence-corrected chi connectivity index (χ3v) is 2.37. The van der Waals surface area contributed by atoms with E-state index >= 15 is 0 Å². The van der Waals surface area contributed by atoms with Crippen LogP contribution in [0, 0.1) is 0 Å². The zero-order valence-corrected chi connectivity index (χ0v) is 10.2. The average molecular weight is 201 g/mol. The smallest absolute Gasteiger partial charge is 0.139 e. The summed E-state index contributed by atoms with van der Waals surface area (Å²) >= 11 is 0. The minimum absolute atomic E-state index is 0.694. The molecule has 3 nitrogen and oxygen atoms in total. The van der Waals surface area contributed by atoms with Gasteiger partial charge >= 0.3 is 0 Å². The molecule has 0 spiro atoms. The molecule has 0 atom stereocenters. The second-order valence-electron chi connectivity index (χ2n) is 3.42. The Hall–Kier alpha value is -0.0551. The van der Waals surface area contributed by atoms with Crippen LogP contribution in [0.15, 0.2) is 0 Å². The summed E-state index contributed by atoms with van der Waals surface area (Å²) in [5.41, 5.74) is 10.3. The van der Waals surface area contributed by atoms with Crippen molar-refractivity contribution in [2.75, 3.05) is 26.2 Å². The van der Waals surface area contributed by atoms with E-state index in [9.17, 15) is 0 Å². The van der Waals surface area contributed by atoms with Gasteiger partial charge in [-0.05, 0) is 0 Å². The summed E-state index contributed by atoms with van der Waals surface area (Å²) in [5, 5.41) is 3.03. The molecule has 0 aromatic rings. The molecule has 0 saturated carbocycles. The van der Waals surface area contributed by atoms with Crippen molar-refractivity contribution in [3.8, 4) is 0 Å². The molecular weight excluding hydrogens is 173 g/mol. The van der Waals surface area contributed by atoms with Crippen LogP contribution in [0.5, 0.6) is 0 Å². The maximum atomic E-state index is 5.17. The largest absolute Gasteiger partial charge is 0.329 e. The van der Waals surface area contributed by atoms with Crippen molar-refractivity contribution >= 4 is 6.71 Å². The monoisotopic (exact) mass is 201 g/mol. The van der Waals surface area contributed by atoms with Gasteiger partial charge in [0, 0.05) is 26.2 Å². The van der Waals surface area contributed by atoms with Gasteiger partial charge < -0.3 is 16.8 Å². The minimum Gasteiger partial charge on any atom is -0.329 e. The van der Waals surface area contributed by atoms with E-state index in [1.165, 1.54) is 19.0 Å². The molecule has 0 aliphatic heterocycles. The molecule has 0 bridgehead atoms. The van der Waals surface area contributed by atoms with Gasteiger partial charge in [0.1, 0.15) is 6.71 Å². The number of hydrogen-bond acceptors (Lipinski definition) is 3. The number of nitrogens with two attached hydrogens (primary N) is 2. The van der Waals surface area contributed by atoms with E-state index < -0.39 is 0 Å². The topological polar surface area (TPSA) is 64.1 Å². The predicted octanol–water partition coefficient (Wildman–Crippen LogP) is 1.03. The summed E-state index contributed by atoms with van der Waals surface area (Å²) in [6.45, 7) is 10.9. The number of nitrogens with one attached hydrogen (secondary N) is 1. The highest BCUT2D eigenvalue weighted by Crippen LogP contribution is 2.01. The summed E-state index contributed by atoms with van der Waals surface area (Å²) in [6.07, 6.45) is 4.06. The molecule has 0 rings (SSSR count). The molecule has 0 aromatic carbocycles. The Labute approximate surface area is 90.1 Å². The fraction of sp³-hybridized carbons (Fsp3) is 1.00. The van der Waals surface area contributed by atoms with Crippen LogP contribution in [0.25, 0.3) is 0 Å². The first-order chi connectivity index (χ1) is 6.76. The highest BCUT2D eigenvalue weighted by molar-refractivity contribution is 6.58. The second kappa shape index (κ2) is 15.4. The molecule has 0 heterocycles. The maximum Gasteiger partial charge on any atom is 0.139 e. The fourth-order valence-corrected chi connectivity index (χ4v) is 1.20. The van der Waals surface area contributed by atoms with Crippen LogP contribution in [-0.2, 0) is 0 Å². The summed E-state index contributed by atoms with van der Waals surface area (Å²) in [5.74, 6) is 0. The van der Waals surface area contributed by atoms with Crippen LogP contribution in [0.4, 0.5) is 0 Å². The molecule has 4 heteroatoms. The van der Waals surface area contributed by atoms with Crippen molar-refractivity contribution in [2.45, 2.75) is 39.7 Å². The molecule has 0 radical (unpaired) electrons. The quantitative estimate of drug-likeness (QED) is 0.426. The molecule has 14 heavy (non-hydrogen) atoms. The van der Waals surface area contributed by atoms with Gasteiger partial charge in [-0.25, -0.2) is 0 Å². The summed E-state index contributed by atoms with van der Waals surface area (Å²) in [7, 11) is 0. The van der Waals surface area contributed by atoms with E-state index in [2.05, 4.69) is 26.1 Å². The van der Waals surface area contributed by atoms with E-state index in [-0.39, 0.29) is 0 Å². The summed E-state index contributed by atoms with van der Waals surface area (Å²) < 4.78 is 0. The lowest BCUT2D eigenvalue weighted by Gasteiger charge is -2.00. The Morgan fingerprint density at radius 3 is 1.36 bits per heavy atom. The van der Waals surface area contributed by atoms with Crippen LogP contribution in [0.1, 0.15) is 20.8 Å². The van der Waals surface area contributed by atoms with Crippen LogP contribution < -0.4 is 16.8 Å². The molecule has 0 aromatic heterocycles. The molecule has 0 saturated heterocycles. The van der Waals surface area contributed by atoms with E-state index in [1.807, 2.05) is 0 Å². The Balaban J connectivity index is 0. The molecule has 0 fully saturated rings. The van der Waals surface area contributed by atoms with Crippen LogP contribution >= 0.6 is 0 Å². The Bertz CT molecular complexity index is 77.9. The SMILES string of the molecule is CCB(CC)CC.NCCNCCN. The molecule has 0 aliphatic rings. The van der Waals surface area contributed by atoms with Gasteiger partial charge in [-0.2, -0.15) is 0 Å². The minimum atomic E-state index is 0.694. The zero-order chi connectivity index (χ0) is 11.2. The molecule has 5 N–H and O–H groups in total. The van der Waals surface area contributed by atoms with Gasteiger partial charge in [0.25, 0.3) is 0 Å². The van der Waals surface area contributed by atoms with Crippen molar-refractivity contribution < 1.29 is 0 Å². The van der Waals surface area contributed by atoms with Gasteiger partial charge in [-0.3, -0.25) is 0 Å². The van der Waals surface area contributed by atoms with E-state index in [0.29, 0.717) is 13.1 Å². The molecule has 0 unspecified atom stereocenters. The third-order valence-electron chi connectivity index (χ3n) is 2.37. The number of rotatable bonds is 7. The number of hydrogen-bond donors (Lipinski definition) is 3. The first-order valence-electron chi connectivity index (χ1n) is 5.87. The first kappa shape index (κ1) is 16.4. The van der Waals surface area contributed by atoms with Gasteiger partial charge in [0.15, 0.2) is 0 Å². The van der Waals surface area contributed by atoms with Crippen LogP contribution in [0.3, 0.4) is 0 Å². The molecule has 0 aliphatic carbocycles. The zero-order valence-electron chi connectivity index (χ0n) is 10.2. The maximum absolute atomic E-state index is 5.17. The summed E-state index contributed by atoms with van der Waals surface area (Å²) in [4.78, 5) is 0. The highest BCUT2D eigenvalue weighted by atomic mass is 14.9. The van der Waals surface area contributed by atoms with E-state index in [0.717, 1.165) is 19.8 Å². The first-order valence-corrected chi connectivity index (χ1v) is 5.87. The second-order valence-corrected chi connectivity index (χ2v) is 3.42. The van der Waals surface area contributed by atoms with Crippen LogP contribution in [-0.4, -0.2) is 32.9 Å². The van der Waals surface area contributed by atoms with Gasteiger partial charge in [0.2, 0.25) is 0 Å². The van der Waals surface area contributed by atoms with Crippen LogP contribution in [0.2, 0.25) is 19.0 Å². The van der Waals surface area contributed by atoms with Crippen molar-refractivity contribution in [2.24, 2.45) is 11.5 Å². The molecule has 0 amide bonds. The lowest BCUT2D eigenvalue weighted by molar-refractivity contribution is 0.696. The average Bonchev–Trinajstić information content (AvgIpc) is 2.22. The van der Waals surface area contributed by atoms with Gasteiger partial charge in [-0.15, -0.1) is 0 Å². The summed E-state index contributed by atoms with van der Waals surface area (Å²) in [6, 6.07) is 0. The lowest BCUT2D eigenvalue weighted by Crippen LogP contribution is -2.27. The van der Waals surface area contributed by atoms with Crippen molar-refractivity contribution in [3.63, 3.8) is 0 Å². The Kier molecular flexibility index (Phi) is 18.0. The lowest BCUT2D eigenvalue weighted by atomic mass is 9.44. The fourth-order valence-electron chi connectivity index (χ4n) is 1.20. The van der Waals surface area contributed by atoms with Crippen molar-refractivity contribution in [3.05, 3.63) is 0 Å².